The Labute approximate surface area is 115 Å². The fourth-order valence-corrected chi connectivity index (χ4v) is 1.89. The van der Waals surface area contributed by atoms with Gasteiger partial charge in [0.05, 0.1) is 0 Å². The molecule has 0 aliphatic carbocycles. The first-order valence-corrected chi connectivity index (χ1v) is 6.18. The number of nitrogens with one attached hydrogen (secondary N) is 1. The van der Waals surface area contributed by atoms with Crippen molar-refractivity contribution >= 4 is 28.8 Å². The van der Waals surface area contributed by atoms with E-state index >= 15 is 0 Å². The van der Waals surface area contributed by atoms with Gasteiger partial charge in [-0.05, 0) is 18.2 Å². The van der Waals surface area contributed by atoms with Crippen molar-refractivity contribution in [1.82, 2.24) is 9.78 Å². The largest absolute Gasteiger partial charge is 0.457 e. The van der Waals surface area contributed by atoms with E-state index in [1.165, 1.54) is 6.08 Å². The molecule has 0 aliphatic rings. The van der Waals surface area contributed by atoms with Crippen LogP contribution in [0.4, 0.5) is 5.82 Å². The molecule has 0 bridgehead atoms. The van der Waals surface area contributed by atoms with Crippen LogP contribution in [-0.4, -0.2) is 15.7 Å². The van der Waals surface area contributed by atoms with E-state index in [0.29, 0.717) is 11.6 Å². The molecule has 2 aromatic heterocycles. The molecule has 1 aromatic carbocycles. The number of hydrogen-bond donors (Lipinski definition) is 1. The fraction of sp³-hybridized carbons (Fsp3) is 0.0667. The predicted molar refractivity (Wildman–Crippen MR) is 77.1 cm³/mol. The Bertz CT molecular complexity index is 750. The molecule has 1 amide bonds. The molecule has 3 aromatic rings. The van der Waals surface area contributed by atoms with Gasteiger partial charge in [-0.25, -0.2) is 0 Å². The van der Waals surface area contributed by atoms with Gasteiger partial charge in [-0.15, -0.1) is 0 Å². The molecular weight excluding hydrogens is 254 g/mol. The molecule has 100 valence electrons. The molecule has 3 rings (SSSR count). The number of nitrogens with zero attached hydrogens (tertiary/aromatic N) is 2. The lowest BCUT2D eigenvalue weighted by Gasteiger charge is -1.95. The minimum Gasteiger partial charge on any atom is -0.457 e. The summed E-state index contributed by atoms with van der Waals surface area (Å²) < 4.78 is 7.21. The molecule has 5 nitrogen and oxygen atoms in total. The molecule has 1 N–H and O–H groups in total. The van der Waals surface area contributed by atoms with Crippen LogP contribution in [0, 0.1) is 0 Å². The van der Waals surface area contributed by atoms with Crippen LogP contribution in [-0.2, 0) is 11.8 Å². The molecule has 0 saturated carbocycles. The highest BCUT2D eigenvalue weighted by molar-refractivity contribution is 6.01. The zero-order chi connectivity index (χ0) is 13.9. The number of aromatic nitrogens is 2. The van der Waals surface area contributed by atoms with Gasteiger partial charge in [0.25, 0.3) is 0 Å². The van der Waals surface area contributed by atoms with Gasteiger partial charge >= 0.3 is 0 Å². The Hall–Kier alpha value is -2.82. The number of amides is 1. The van der Waals surface area contributed by atoms with Crippen molar-refractivity contribution in [2.24, 2.45) is 7.05 Å². The van der Waals surface area contributed by atoms with Gasteiger partial charge in [0, 0.05) is 30.8 Å². The van der Waals surface area contributed by atoms with Gasteiger partial charge in [-0.2, -0.15) is 5.10 Å². The second-order valence-corrected chi connectivity index (χ2v) is 4.38. The SMILES string of the molecule is Cn1ccc(NC(=O)C=Cc2cc3ccccc3o2)n1. The van der Waals surface area contributed by atoms with E-state index in [2.05, 4.69) is 10.4 Å². The first-order chi connectivity index (χ1) is 9.70. The summed E-state index contributed by atoms with van der Waals surface area (Å²) in [6.07, 6.45) is 4.82. The zero-order valence-electron chi connectivity index (χ0n) is 10.9. The first kappa shape index (κ1) is 12.2. The number of para-hydroxylation sites is 1. The number of carbonyl (C=O) groups excluding carboxylic acids is 1. The van der Waals surface area contributed by atoms with Crippen molar-refractivity contribution in [3.63, 3.8) is 0 Å². The highest BCUT2D eigenvalue weighted by Gasteiger charge is 2.02. The zero-order valence-corrected chi connectivity index (χ0v) is 10.9. The molecule has 0 spiro atoms. The van der Waals surface area contributed by atoms with Gasteiger partial charge in [0.1, 0.15) is 11.3 Å². The number of furan rings is 1. The topological polar surface area (TPSA) is 60.1 Å². The van der Waals surface area contributed by atoms with Crippen molar-refractivity contribution in [3.8, 4) is 0 Å². The predicted octanol–water partition coefficient (Wildman–Crippen LogP) is 2.82. The number of benzene rings is 1. The first-order valence-electron chi connectivity index (χ1n) is 6.18. The average Bonchev–Trinajstić information content (AvgIpc) is 3.02. The number of anilines is 1. The third kappa shape index (κ3) is 2.61. The second kappa shape index (κ2) is 5.05. The molecule has 0 aliphatic heterocycles. The summed E-state index contributed by atoms with van der Waals surface area (Å²) in [5.41, 5.74) is 0.803. The summed E-state index contributed by atoms with van der Waals surface area (Å²) in [6.45, 7) is 0. The molecule has 0 saturated heterocycles. The monoisotopic (exact) mass is 267 g/mol. The van der Waals surface area contributed by atoms with E-state index in [0.717, 1.165) is 11.0 Å². The van der Waals surface area contributed by atoms with E-state index < -0.39 is 0 Å². The number of fused-ring (bicyclic) bond motifs is 1. The maximum atomic E-state index is 11.7. The summed E-state index contributed by atoms with van der Waals surface area (Å²) in [5, 5.41) is 7.75. The molecule has 2 heterocycles. The van der Waals surface area contributed by atoms with E-state index in [4.69, 9.17) is 4.42 Å². The van der Waals surface area contributed by atoms with Gasteiger partial charge in [0.2, 0.25) is 5.91 Å². The Kier molecular flexibility index (Phi) is 3.09. The van der Waals surface area contributed by atoms with Crippen LogP contribution in [0.25, 0.3) is 17.0 Å². The van der Waals surface area contributed by atoms with Crippen molar-refractivity contribution in [1.29, 1.82) is 0 Å². The van der Waals surface area contributed by atoms with Crippen LogP contribution in [0.2, 0.25) is 0 Å². The van der Waals surface area contributed by atoms with E-state index in [-0.39, 0.29) is 5.91 Å². The molecule has 0 unspecified atom stereocenters. The van der Waals surface area contributed by atoms with Gasteiger partial charge in [0.15, 0.2) is 5.82 Å². The van der Waals surface area contributed by atoms with Crippen LogP contribution in [0.15, 0.2) is 53.1 Å². The lowest BCUT2D eigenvalue weighted by atomic mass is 10.2. The molecule has 0 atom stereocenters. The molecule has 0 fully saturated rings. The van der Waals surface area contributed by atoms with Gasteiger partial charge in [-0.1, -0.05) is 18.2 Å². The minimum atomic E-state index is -0.246. The third-order valence-electron chi connectivity index (χ3n) is 2.81. The second-order valence-electron chi connectivity index (χ2n) is 4.38. The van der Waals surface area contributed by atoms with Crippen molar-refractivity contribution in [2.75, 3.05) is 5.32 Å². The maximum Gasteiger partial charge on any atom is 0.249 e. The molecule has 0 radical (unpaired) electrons. The van der Waals surface area contributed by atoms with Gasteiger partial charge in [-0.3, -0.25) is 9.48 Å². The average molecular weight is 267 g/mol. The number of aryl methyl sites for hydroxylation is 1. The van der Waals surface area contributed by atoms with Crippen LogP contribution >= 0.6 is 0 Å². The standard InChI is InChI=1S/C15H13N3O2/c1-18-9-8-14(17-18)16-15(19)7-6-12-10-11-4-2-3-5-13(11)20-12/h2-10H,1H3,(H,16,17,19). The summed E-state index contributed by atoms with van der Waals surface area (Å²) >= 11 is 0. The number of hydrogen-bond acceptors (Lipinski definition) is 3. The summed E-state index contributed by atoms with van der Waals surface area (Å²) in [4.78, 5) is 11.7. The quantitative estimate of drug-likeness (QED) is 0.742. The van der Waals surface area contributed by atoms with Crippen LogP contribution in [0.1, 0.15) is 5.76 Å². The highest BCUT2D eigenvalue weighted by atomic mass is 16.3. The van der Waals surface area contributed by atoms with Crippen molar-refractivity contribution in [3.05, 3.63) is 54.4 Å². The van der Waals surface area contributed by atoms with Crippen LogP contribution < -0.4 is 5.32 Å². The molecular formula is C15H13N3O2. The summed E-state index contributed by atoms with van der Waals surface area (Å²) in [6, 6.07) is 11.3. The lowest BCUT2D eigenvalue weighted by Crippen LogP contribution is -2.08. The van der Waals surface area contributed by atoms with Gasteiger partial charge < -0.3 is 9.73 Å². The lowest BCUT2D eigenvalue weighted by molar-refractivity contribution is -0.111. The Morgan fingerprint density at radius 2 is 2.20 bits per heavy atom. The molecule has 5 heteroatoms. The molecule has 20 heavy (non-hydrogen) atoms. The normalized spacial score (nSPS) is 11.2. The highest BCUT2D eigenvalue weighted by Crippen LogP contribution is 2.19. The number of carbonyl (C=O) groups is 1. The van der Waals surface area contributed by atoms with Crippen molar-refractivity contribution in [2.45, 2.75) is 0 Å². The maximum absolute atomic E-state index is 11.7. The van der Waals surface area contributed by atoms with Crippen LogP contribution in [0.3, 0.4) is 0 Å². The third-order valence-corrected chi connectivity index (χ3v) is 2.81. The summed E-state index contributed by atoms with van der Waals surface area (Å²) in [7, 11) is 1.79. The number of rotatable bonds is 3. The minimum absolute atomic E-state index is 0.246. The van der Waals surface area contributed by atoms with E-state index in [1.54, 1.807) is 30.1 Å². The van der Waals surface area contributed by atoms with E-state index in [9.17, 15) is 4.79 Å². The van der Waals surface area contributed by atoms with E-state index in [1.807, 2.05) is 30.3 Å². The van der Waals surface area contributed by atoms with Crippen molar-refractivity contribution < 1.29 is 9.21 Å². The Morgan fingerprint density at radius 1 is 1.35 bits per heavy atom. The Morgan fingerprint density at radius 3 is 2.95 bits per heavy atom. The van der Waals surface area contributed by atoms with Crippen LogP contribution in [0.5, 0.6) is 0 Å². The Balaban J connectivity index is 1.71. The summed E-state index contributed by atoms with van der Waals surface area (Å²) in [5.74, 6) is 0.915. The smallest absolute Gasteiger partial charge is 0.249 e. The fourth-order valence-electron chi connectivity index (χ4n) is 1.89.